The Kier molecular flexibility index (Phi) is 4.26. The summed E-state index contributed by atoms with van der Waals surface area (Å²) in [6.07, 6.45) is 20.6. The molecule has 0 spiro atoms. The molecule has 28 heavy (non-hydrogen) atoms. The van der Waals surface area contributed by atoms with Gasteiger partial charge >= 0.3 is 177 Å². The van der Waals surface area contributed by atoms with Gasteiger partial charge in [0.05, 0.1) is 0 Å². The molecular formula is C27H25Hf. The number of allylic oxidation sites excluding steroid dienone is 6. The fourth-order valence-electron chi connectivity index (χ4n) is 5.80. The third-order valence-corrected chi connectivity index (χ3v) is 20.4. The molecule has 4 aliphatic carbocycles. The maximum atomic E-state index is 2.64. The summed E-state index contributed by atoms with van der Waals surface area (Å²) in [5.41, 5.74) is 9.69. The molecule has 3 unspecified atom stereocenters. The summed E-state index contributed by atoms with van der Waals surface area (Å²) in [4.78, 5) is 0. The minimum absolute atomic E-state index is 0.699. The maximum absolute atomic E-state index is 2.64. The molecule has 0 aliphatic heterocycles. The second kappa shape index (κ2) is 6.95. The van der Waals surface area contributed by atoms with E-state index in [2.05, 4.69) is 85.0 Å². The first kappa shape index (κ1) is 17.2. The molecule has 0 radical (unpaired) electrons. The molecule has 0 heterocycles. The van der Waals surface area contributed by atoms with Gasteiger partial charge in [-0.2, -0.15) is 0 Å². The van der Waals surface area contributed by atoms with Crippen LogP contribution in [0.15, 0.2) is 84.0 Å². The molecule has 0 N–H and O–H groups in total. The summed E-state index contributed by atoms with van der Waals surface area (Å²) in [6.45, 7) is 0. The zero-order chi connectivity index (χ0) is 18.5. The van der Waals surface area contributed by atoms with Crippen molar-refractivity contribution in [3.8, 4) is 0 Å². The molecule has 2 aromatic rings. The SMILES string of the molecule is C1=C[CH]([Hf]([CH]2C=Cc3ccccc32)[CH]2C=Cc3ccccc32)C2=C1CCCC2. The van der Waals surface area contributed by atoms with E-state index >= 15 is 0 Å². The number of hydrogen-bond donors (Lipinski definition) is 0. The van der Waals surface area contributed by atoms with Gasteiger partial charge in [0.25, 0.3) is 0 Å². The van der Waals surface area contributed by atoms with Crippen molar-refractivity contribution in [1.82, 2.24) is 0 Å². The van der Waals surface area contributed by atoms with Crippen molar-refractivity contribution in [3.05, 3.63) is 106 Å². The van der Waals surface area contributed by atoms with Crippen LogP contribution in [0, 0.1) is 0 Å². The van der Waals surface area contributed by atoms with Crippen molar-refractivity contribution in [3.63, 3.8) is 0 Å². The molecule has 0 amide bonds. The first-order valence-corrected chi connectivity index (χ1v) is 16.9. The third kappa shape index (κ3) is 2.66. The van der Waals surface area contributed by atoms with Crippen LogP contribution in [0.25, 0.3) is 12.2 Å². The molecule has 0 bridgehead atoms. The monoisotopic (exact) mass is 529 g/mol. The minimum atomic E-state index is -2.26. The van der Waals surface area contributed by atoms with Crippen LogP contribution < -0.4 is 0 Å². The Bertz CT molecular complexity index is 990. The van der Waals surface area contributed by atoms with E-state index in [1.54, 1.807) is 16.7 Å². The molecule has 0 saturated heterocycles. The molecule has 137 valence electrons. The summed E-state index contributed by atoms with van der Waals surface area (Å²) >= 11 is -2.26. The van der Waals surface area contributed by atoms with Gasteiger partial charge in [0.1, 0.15) is 0 Å². The summed E-state index contributed by atoms with van der Waals surface area (Å²) < 4.78 is 2.18. The molecular weight excluding hydrogens is 503 g/mol. The summed E-state index contributed by atoms with van der Waals surface area (Å²) in [7, 11) is 0. The fourth-order valence-corrected chi connectivity index (χ4v) is 20.5. The van der Waals surface area contributed by atoms with E-state index in [-0.39, 0.29) is 0 Å². The van der Waals surface area contributed by atoms with E-state index in [4.69, 9.17) is 0 Å². The van der Waals surface area contributed by atoms with E-state index < -0.39 is 21.4 Å². The topological polar surface area (TPSA) is 0 Å². The van der Waals surface area contributed by atoms with Crippen molar-refractivity contribution in [2.24, 2.45) is 0 Å². The van der Waals surface area contributed by atoms with Crippen molar-refractivity contribution >= 4 is 12.2 Å². The summed E-state index contributed by atoms with van der Waals surface area (Å²) in [5.74, 6) is 0. The van der Waals surface area contributed by atoms with E-state index in [9.17, 15) is 0 Å². The van der Waals surface area contributed by atoms with Crippen LogP contribution in [0.5, 0.6) is 0 Å². The summed E-state index contributed by atoms with van der Waals surface area (Å²) in [5, 5.41) is 0. The Hall–Kier alpha value is -1.73. The second-order valence-corrected chi connectivity index (χ2v) is 18.8. The summed E-state index contributed by atoms with van der Waals surface area (Å²) in [6, 6.07) is 18.3. The van der Waals surface area contributed by atoms with Crippen molar-refractivity contribution in [2.45, 2.75) is 36.7 Å². The number of benzene rings is 2. The van der Waals surface area contributed by atoms with E-state index in [0.717, 1.165) is 3.67 Å². The average molecular weight is 528 g/mol. The Morgan fingerprint density at radius 3 is 1.86 bits per heavy atom. The average Bonchev–Trinajstić information content (AvgIpc) is 3.47. The van der Waals surface area contributed by atoms with Gasteiger partial charge in [-0.05, 0) is 0 Å². The molecule has 4 aliphatic rings. The standard InChI is InChI=1S/C9H11.2C9H7.Hf/c3*1-2-5-9-7-3-6-8(9)4-1;/h3,6-7H,1-2,4-5H2;2*1-7H;. The van der Waals surface area contributed by atoms with Gasteiger partial charge < -0.3 is 0 Å². The Morgan fingerprint density at radius 1 is 0.607 bits per heavy atom. The van der Waals surface area contributed by atoms with Gasteiger partial charge in [-0.1, -0.05) is 0 Å². The molecule has 2 aromatic carbocycles. The molecule has 0 nitrogen and oxygen atoms in total. The van der Waals surface area contributed by atoms with Crippen LogP contribution in [-0.4, -0.2) is 0 Å². The normalized spacial score (nSPS) is 26.5. The van der Waals surface area contributed by atoms with E-state index in [0.29, 0.717) is 7.35 Å². The number of rotatable bonds is 3. The molecule has 0 saturated carbocycles. The van der Waals surface area contributed by atoms with Gasteiger partial charge in [0, 0.05) is 0 Å². The predicted molar refractivity (Wildman–Crippen MR) is 115 cm³/mol. The molecule has 0 fully saturated rings. The van der Waals surface area contributed by atoms with Crippen LogP contribution >= 0.6 is 0 Å². The molecule has 0 aromatic heterocycles. The van der Waals surface area contributed by atoms with Crippen LogP contribution in [0.4, 0.5) is 0 Å². The van der Waals surface area contributed by atoms with Crippen molar-refractivity contribution in [1.29, 1.82) is 0 Å². The van der Waals surface area contributed by atoms with Crippen LogP contribution in [-0.2, 0) is 21.4 Å². The van der Waals surface area contributed by atoms with Crippen molar-refractivity contribution in [2.75, 3.05) is 0 Å². The number of fused-ring (bicyclic) bond motifs is 2. The Balaban J connectivity index is 1.48. The Labute approximate surface area is 175 Å². The first-order chi connectivity index (χ1) is 13.9. The fraction of sp³-hybridized carbons (Fsp3) is 0.259. The van der Waals surface area contributed by atoms with Gasteiger partial charge in [0.2, 0.25) is 0 Å². The van der Waals surface area contributed by atoms with E-state index in [1.807, 2.05) is 5.57 Å². The van der Waals surface area contributed by atoms with Crippen LogP contribution in [0.2, 0.25) is 3.67 Å². The van der Waals surface area contributed by atoms with Crippen LogP contribution in [0.1, 0.15) is 55.3 Å². The van der Waals surface area contributed by atoms with Gasteiger partial charge in [-0.15, -0.1) is 0 Å². The quantitative estimate of drug-likeness (QED) is 0.366. The van der Waals surface area contributed by atoms with Crippen molar-refractivity contribution < 1.29 is 21.4 Å². The first-order valence-electron chi connectivity index (χ1n) is 10.7. The van der Waals surface area contributed by atoms with E-state index in [1.165, 1.54) is 36.8 Å². The zero-order valence-electron chi connectivity index (χ0n) is 16.1. The molecule has 3 atom stereocenters. The zero-order valence-corrected chi connectivity index (χ0v) is 19.7. The Morgan fingerprint density at radius 2 is 1.18 bits per heavy atom. The molecule has 6 rings (SSSR count). The van der Waals surface area contributed by atoms with Crippen LogP contribution in [0.3, 0.4) is 0 Å². The third-order valence-electron chi connectivity index (χ3n) is 7.10. The number of hydrogen-bond acceptors (Lipinski definition) is 0. The predicted octanol–water partition coefficient (Wildman–Crippen LogP) is 7.37. The van der Waals surface area contributed by atoms with Gasteiger partial charge in [0.15, 0.2) is 0 Å². The molecule has 1 heteroatoms. The van der Waals surface area contributed by atoms with Gasteiger partial charge in [-0.3, -0.25) is 0 Å². The van der Waals surface area contributed by atoms with Gasteiger partial charge in [-0.25, -0.2) is 0 Å². The second-order valence-electron chi connectivity index (χ2n) is 8.53.